The molecule has 1 aliphatic heterocycles. The van der Waals surface area contributed by atoms with E-state index in [1.807, 2.05) is 0 Å². The molecule has 2 N–H and O–H groups in total. The van der Waals surface area contributed by atoms with Gasteiger partial charge in [0, 0.05) is 12.7 Å². The lowest BCUT2D eigenvalue weighted by atomic mass is 10.2. The maximum absolute atomic E-state index is 5.59. The van der Waals surface area contributed by atoms with E-state index in [-0.39, 0.29) is 6.29 Å². The highest BCUT2D eigenvalue weighted by Crippen LogP contribution is 2.14. The van der Waals surface area contributed by atoms with Gasteiger partial charge in [-0.15, -0.1) is 0 Å². The molecule has 1 aromatic rings. The number of nitrogen functional groups attached to an aromatic ring is 1. The topological polar surface area (TPSA) is 66.6 Å². The molecule has 5 nitrogen and oxygen atoms in total. The van der Waals surface area contributed by atoms with Crippen molar-refractivity contribution in [2.45, 2.75) is 25.6 Å². The van der Waals surface area contributed by atoms with Crippen molar-refractivity contribution in [2.24, 2.45) is 0 Å². The average molecular weight is 238 g/mol. The zero-order valence-corrected chi connectivity index (χ0v) is 9.80. The summed E-state index contributed by atoms with van der Waals surface area (Å²) in [5, 5.41) is 0. The van der Waals surface area contributed by atoms with Crippen LogP contribution in [0.4, 0.5) is 5.69 Å². The molecule has 0 saturated carbocycles. The molecule has 5 heteroatoms. The van der Waals surface area contributed by atoms with Crippen molar-refractivity contribution < 1.29 is 14.2 Å². The zero-order chi connectivity index (χ0) is 11.9. The fourth-order valence-corrected chi connectivity index (χ4v) is 1.70. The second-order valence-electron chi connectivity index (χ2n) is 3.97. The first-order chi connectivity index (χ1) is 8.34. The van der Waals surface area contributed by atoms with Crippen molar-refractivity contribution in [3.05, 3.63) is 18.5 Å². The van der Waals surface area contributed by atoms with Gasteiger partial charge >= 0.3 is 0 Å². The van der Waals surface area contributed by atoms with E-state index in [1.54, 1.807) is 18.5 Å². The summed E-state index contributed by atoms with van der Waals surface area (Å²) in [5.74, 6) is 0.665. The first-order valence-electron chi connectivity index (χ1n) is 5.91. The van der Waals surface area contributed by atoms with E-state index in [4.69, 9.17) is 19.9 Å². The predicted molar refractivity (Wildman–Crippen MR) is 63.7 cm³/mol. The second-order valence-corrected chi connectivity index (χ2v) is 3.97. The van der Waals surface area contributed by atoms with Crippen LogP contribution >= 0.6 is 0 Å². The molecule has 1 atom stereocenters. The summed E-state index contributed by atoms with van der Waals surface area (Å²) < 4.78 is 16.4. The fourth-order valence-electron chi connectivity index (χ4n) is 1.70. The minimum atomic E-state index is -0.0636. The summed E-state index contributed by atoms with van der Waals surface area (Å²) in [6.07, 6.45) is 6.43. The third-order valence-electron chi connectivity index (χ3n) is 2.53. The summed E-state index contributed by atoms with van der Waals surface area (Å²) in [4.78, 5) is 3.94. The van der Waals surface area contributed by atoms with Gasteiger partial charge in [-0.25, -0.2) is 0 Å². The molecule has 0 radical (unpaired) electrons. The molecule has 2 heterocycles. The minimum Gasteiger partial charge on any atom is -0.489 e. The molecule has 1 aromatic heterocycles. The molecule has 0 aromatic carbocycles. The number of rotatable bonds is 5. The predicted octanol–water partition coefficient (Wildman–Crippen LogP) is 1.59. The fraction of sp³-hybridized carbons (Fsp3) is 0.583. The summed E-state index contributed by atoms with van der Waals surface area (Å²) in [7, 11) is 0. The largest absolute Gasteiger partial charge is 0.489 e. The van der Waals surface area contributed by atoms with Gasteiger partial charge in [0.2, 0.25) is 0 Å². The van der Waals surface area contributed by atoms with Crippen molar-refractivity contribution in [3.8, 4) is 5.75 Å². The van der Waals surface area contributed by atoms with Crippen LogP contribution in [0, 0.1) is 0 Å². The smallest absolute Gasteiger partial charge is 0.157 e. The van der Waals surface area contributed by atoms with Crippen LogP contribution < -0.4 is 10.5 Å². The maximum Gasteiger partial charge on any atom is 0.157 e. The summed E-state index contributed by atoms with van der Waals surface area (Å²) in [6, 6.07) is 1.74. The van der Waals surface area contributed by atoms with Crippen molar-refractivity contribution in [2.75, 3.05) is 25.6 Å². The van der Waals surface area contributed by atoms with Crippen LogP contribution in [0.2, 0.25) is 0 Å². The van der Waals surface area contributed by atoms with Crippen molar-refractivity contribution in [3.63, 3.8) is 0 Å². The van der Waals surface area contributed by atoms with E-state index in [9.17, 15) is 0 Å². The molecule has 0 spiro atoms. The van der Waals surface area contributed by atoms with E-state index in [0.29, 0.717) is 24.7 Å². The first-order valence-corrected chi connectivity index (χ1v) is 5.91. The van der Waals surface area contributed by atoms with Gasteiger partial charge < -0.3 is 19.9 Å². The van der Waals surface area contributed by atoms with Crippen molar-refractivity contribution in [1.29, 1.82) is 0 Å². The van der Waals surface area contributed by atoms with Gasteiger partial charge in [0.1, 0.15) is 12.4 Å². The summed E-state index contributed by atoms with van der Waals surface area (Å²) in [6.45, 7) is 1.79. The quantitative estimate of drug-likeness (QED) is 0.789. The Hall–Kier alpha value is -1.33. The minimum absolute atomic E-state index is 0.0636. The highest BCUT2D eigenvalue weighted by Gasteiger charge is 2.13. The summed E-state index contributed by atoms with van der Waals surface area (Å²) in [5.41, 5.74) is 6.18. The highest BCUT2D eigenvalue weighted by atomic mass is 16.7. The van der Waals surface area contributed by atoms with Crippen LogP contribution in [-0.4, -0.2) is 31.1 Å². The van der Waals surface area contributed by atoms with E-state index in [1.165, 1.54) is 6.42 Å². The normalized spacial score (nSPS) is 20.1. The number of ether oxygens (including phenoxy) is 3. The Morgan fingerprint density at radius 3 is 3.06 bits per heavy atom. The zero-order valence-electron chi connectivity index (χ0n) is 9.80. The van der Waals surface area contributed by atoms with Crippen LogP contribution in [0.3, 0.4) is 0 Å². The average Bonchev–Trinajstić information content (AvgIpc) is 2.36. The molecular weight excluding hydrogens is 220 g/mol. The van der Waals surface area contributed by atoms with Crippen molar-refractivity contribution in [1.82, 2.24) is 4.98 Å². The molecule has 2 rings (SSSR count). The van der Waals surface area contributed by atoms with Gasteiger partial charge in [-0.1, -0.05) is 0 Å². The van der Waals surface area contributed by atoms with Crippen LogP contribution in [0.25, 0.3) is 0 Å². The molecule has 1 unspecified atom stereocenters. The Labute approximate surface area is 101 Å². The first kappa shape index (κ1) is 12.1. The molecule has 94 valence electrons. The summed E-state index contributed by atoms with van der Waals surface area (Å²) >= 11 is 0. The number of nitrogens with zero attached hydrogens (tertiary/aromatic N) is 1. The molecule has 0 amide bonds. The van der Waals surface area contributed by atoms with Gasteiger partial charge in [-0.2, -0.15) is 0 Å². The van der Waals surface area contributed by atoms with Gasteiger partial charge in [-0.3, -0.25) is 4.98 Å². The van der Waals surface area contributed by atoms with Gasteiger partial charge in [-0.05, 0) is 19.3 Å². The lowest BCUT2D eigenvalue weighted by Crippen LogP contribution is -2.24. The van der Waals surface area contributed by atoms with Crippen LogP contribution in [0.1, 0.15) is 19.3 Å². The molecule has 1 saturated heterocycles. The lowest BCUT2D eigenvalue weighted by molar-refractivity contribution is -0.165. The maximum atomic E-state index is 5.59. The van der Waals surface area contributed by atoms with E-state index >= 15 is 0 Å². The number of anilines is 1. The standard InChI is InChI=1S/C12H18N2O3/c13-10-7-11(9-14-8-10)15-5-6-17-12-3-1-2-4-16-12/h7-9,12H,1-6,13H2. The monoisotopic (exact) mass is 238 g/mol. The Bertz CT molecular complexity index is 340. The molecular formula is C12H18N2O3. The number of aromatic nitrogens is 1. The molecule has 1 fully saturated rings. The SMILES string of the molecule is Nc1cncc(OCCOC2CCCCO2)c1. The third kappa shape index (κ3) is 4.20. The van der Waals surface area contributed by atoms with E-state index in [0.717, 1.165) is 19.4 Å². The Kier molecular flexibility index (Phi) is 4.58. The Morgan fingerprint density at radius 1 is 1.35 bits per heavy atom. The third-order valence-corrected chi connectivity index (χ3v) is 2.53. The lowest BCUT2D eigenvalue weighted by Gasteiger charge is -2.22. The number of hydrogen-bond donors (Lipinski definition) is 1. The van der Waals surface area contributed by atoms with Gasteiger partial charge in [0.25, 0.3) is 0 Å². The van der Waals surface area contributed by atoms with Crippen LogP contribution in [0.15, 0.2) is 18.5 Å². The molecule has 1 aliphatic rings. The number of nitrogens with two attached hydrogens (primary N) is 1. The number of hydrogen-bond acceptors (Lipinski definition) is 5. The van der Waals surface area contributed by atoms with Crippen LogP contribution in [0.5, 0.6) is 5.75 Å². The Morgan fingerprint density at radius 2 is 2.29 bits per heavy atom. The molecule has 17 heavy (non-hydrogen) atoms. The highest BCUT2D eigenvalue weighted by molar-refractivity contribution is 5.39. The van der Waals surface area contributed by atoms with Crippen molar-refractivity contribution >= 4 is 5.69 Å². The number of pyridine rings is 1. The van der Waals surface area contributed by atoms with E-state index < -0.39 is 0 Å². The van der Waals surface area contributed by atoms with Gasteiger partial charge in [0.15, 0.2) is 6.29 Å². The van der Waals surface area contributed by atoms with Crippen LogP contribution in [-0.2, 0) is 9.47 Å². The molecule has 0 aliphatic carbocycles. The second kappa shape index (κ2) is 6.42. The molecule has 0 bridgehead atoms. The van der Waals surface area contributed by atoms with E-state index in [2.05, 4.69) is 4.98 Å². The van der Waals surface area contributed by atoms with Gasteiger partial charge in [0.05, 0.1) is 24.7 Å². The Balaban J connectivity index is 1.62.